The third-order valence-corrected chi connectivity index (χ3v) is 3.31. The van der Waals surface area contributed by atoms with Gasteiger partial charge in [0.2, 0.25) is 5.88 Å². The van der Waals surface area contributed by atoms with Gasteiger partial charge in [0, 0.05) is 11.6 Å². The van der Waals surface area contributed by atoms with E-state index in [0.717, 1.165) is 5.56 Å². The molecule has 0 bridgehead atoms. The van der Waals surface area contributed by atoms with Crippen molar-refractivity contribution in [1.82, 2.24) is 20.8 Å². The Bertz CT molecular complexity index is 726. The number of nitrogens with one attached hydrogen (secondary N) is 2. The zero-order chi connectivity index (χ0) is 16.4. The third-order valence-electron chi connectivity index (χ3n) is 3.31. The fraction of sp³-hybridized carbons (Fsp3) is 0.250. The van der Waals surface area contributed by atoms with Crippen LogP contribution in [0, 0.1) is 0 Å². The minimum Gasteiger partial charge on any atom is -0.474 e. The Morgan fingerprint density at radius 1 is 1.04 bits per heavy atom. The molecule has 1 aliphatic heterocycles. The predicted octanol–water partition coefficient (Wildman–Crippen LogP) is 1.81. The molecule has 7 heteroatoms. The average molecular weight is 312 g/mol. The molecule has 23 heavy (non-hydrogen) atoms. The topological polar surface area (TPSA) is 93.2 Å². The summed E-state index contributed by atoms with van der Waals surface area (Å²) in [5.74, 6) is 0.128. The Labute approximate surface area is 133 Å². The number of ether oxygens (including phenoxy) is 1. The molecule has 2 N–H and O–H groups in total. The number of imide groups is 1. The van der Waals surface area contributed by atoms with Crippen molar-refractivity contribution in [2.24, 2.45) is 0 Å². The largest absolute Gasteiger partial charge is 0.474 e. The molecule has 1 saturated heterocycles. The van der Waals surface area contributed by atoms with Crippen LogP contribution in [0.25, 0.3) is 11.3 Å². The molecule has 2 heterocycles. The summed E-state index contributed by atoms with van der Waals surface area (Å²) in [4.78, 5) is 22.8. The molecule has 2 aromatic rings. The van der Waals surface area contributed by atoms with Gasteiger partial charge >= 0.3 is 6.03 Å². The van der Waals surface area contributed by atoms with Gasteiger partial charge in [-0.05, 0) is 25.5 Å². The SMILES string of the molecule is CC(C)Oc1ccc(-c2ccc([C@H]3NC(=O)NC3=O)cc2)nn1. The fourth-order valence-electron chi connectivity index (χ4n) is 2.28. The van der Waals surface area contributed by atoms with Crippen molar-refractivity contribution in [2.75, 3.05) is 0 Å². The van der Waals surface area contributed by atoms with E-state index in [1.54, 1.807) is 18.2 Å². The Balaban J connectivity index is 1.77. The second-order valence-electron chi connectivity index (χ2n) is 5.44. The molecule has 0 spiro atoms. The van der Waals surface area contributed by atoms with Gasteiger partial charge in [0.1, 0.15) is 6.04 Å². The Kier molecular flexibility index (Phi) is 3.92. The van der Waals surface area contributed by atoms with Gasteiger partial charge in [0.15, 0.2) is 0 Å². The van der Waals surface area contributed by atoms with E-state index in [-0.39, 0.29) is 12.0 Å². The molecule has 1 aromatic heterocycles. The lowest BCUT2D eigenvalue weighted by atomic mass is 10.0. The standard InChI is InChI=1S/C16H16N4O3/c1-9(2)23-13-8-7-12(19-20-13)10-3-5-11(6-4-10)14-15(21)18-16(22)17-14/h3-9,14H,1-2H3,(H2,17,18,21,22)/t14-/m1/s1. The van der Waals surface area contributed by atoms with E-state index in [1.165, 1.54) is 0 Å². The van der Waals surface area contributed by atoms with Crippen LogP contribution in [0.5, 0.6) is 5.88 Å². The highest BCUT2D eigenvalue weighted by Gasteiger charge is 2.30. The van der Waals surface area contributed by atoms with Crippen molar-refractivity contribution in [3.05, 3.63) is 42.0 Å². The highest BCUT2D eigenvalue weighted by molar-refractivity contribution is 6.04. The Morgan fingerprint density at radius 2 is 1.78 bits per heavy atom. The number of aromatic nitrogens is 2. The molecule has 0 aliphatic carbocycles. The maximum Gasteiger partial charge on any atom is 0.322 e. The van der Waals surface area contributed by atoms with Gasteiger partial charge in [-0.15, -0.1) is 10.2 Å². The number of nitrogens with zero attached hydrogens (tertiary/aromatic N) is 2. The molecule has 7 nitrogen and oxygen atoms in total. The molecular formula is C16H16N4O3. The summed E-state index contributed by atoms with van der Waals surface area (Å²) < 4.78 is 5.46. The molecular weight excluding hydrogens is 296 g/mol. The highest BCUT2D eigenvalue weighted by Crippen LogP contribution is 2.22. The lowest BCUT2D eigenvalue weighted by Crippen LogP contribution is -2.22. The van der Waals surface area contributed by atoms with Crippen molar-refractivity contribution in [3.8, 4) is 17.1 Å². The maximum atomic E-state index is 11.6. The fourth-order valence-corrected chi connectivity index (χ4v) is 2.28. The maximum absolute atomic E-state index is 11.6. The first kappa shape index (κ1) is 15.0. The van der Waals surface area contributed by atoms with Crippen molar-refractivity contribution >= 4 is 11.9 Å². The van der Waals surface area contributed by atoms with Crippen LogP contribution in [0.2, 0.25) is 0 Å². The third kappa shape index (κ3) is 3.28. The normalized spacial score (nSPS) is 17.1. The molecule has 3 rings (SSSR count). The average Bonchev–Trinajstić information content (AvgIpc) is 2.86. The van der Waals surface area contributed by atoms with Crippen molar-refractivity contribution in [1.29, 1.82) is 0 Å². The van der Waals surface area contributed by atoms with E-state index >= 15 is 0 Å². The summed E-state index contributed by atoms with van der Waals surface area (Å²) >= 11 is 0. The first-order valence-corrected chi connectivity index (χ1v) is 7.25. The van der Waals surface area contributed by atoms with Crippen LogP contribution < -0.4 is 15.4 Å². The van der Waals surface area contributed by atoms with Crippen LogP contribution in [-0.2, 0) is 4.79 Å². The number of hydrogen-bond acceptors (Lipinski definition) is 5. The lowest BCUT2D eigenvalue weighted by Gasteiger charge is -2.09. The summed E-state index contributed by atoms with van der Waals surface area (Å²) in [6, 6.07) is 9.70. The lowest BCUT2D eigenvalue weighted by molar-refractivity contribution is -0.120. The summed E-state index contributed by atoms with van der Waals surface area (Å²) in [5.41, 5.74) is 2.28. The first-order chi connectivity index (χ1) is 11.0. The van der Waals surface area contributed by atoms with Crippen LogP contribution >= 0.6 is 0 Å². The number of urea groups is 1. The molecule has 118 valence electrons. The number of carbonyl (C=O) groups excluding carboxylic acids is 2. The van der Waals surface area contributed by atoms with Gasteiger partial charge < -0.3 is 10.1 Å². The van der Waals surface area contributed by atoms with Gasteiger partial charge in [-0.3, -0.25) is 10.1 Å². The molecule has 0 radical (unpaired) electrons. The van der Waals surface area contributed by atoms with Gasteiger partial charge in [-0.1, -0.05) is 24.3 Å². The number of hydrogen-bond donors (Lipinski definition) is 2. The Hall–Kier alpha value is -2.96. The van der Waals surface area contributed by atoms with Crippen molar-refractivity contribution < 1.29 is 14.3 Å². The number of carbonyl (C=O) groups is 2. The summed E-state index contributed by atoms with van der Waals surface area (Å²) in [7, 11) is 0. The van der Waals surface area contributed by atoms with Gasteiger partial charge in [0.05, 0.1) is 11.8 Å². The summed E-state index contributed by atoms with van der Waals surface area (Å²) in [6.07, 6.45) is 0.0437. The molecule has 3 amide bonds. The number of rotatable bonds is 4. The van der Waals surface area contributed by atoms with Crippen LogP contribution in [0.1, 0.15) is 25.5 Å². The second kappa shape index (κ2) is 6.04. The second-order valence-corrected chi connectivity index (χ2v) is 5.44. The van der Waals surface area contributed by atoms with E-state index in [2.05, 4.69) is 20.8 Å². The summed E-state index contributed by atoms with van der Waals surface area (Å²) in [5, 5.41) is 12.9. The van der Waals surface area contributed by atoms with E-state index in [4.69, 9.17) is 4.74 Å². The molecule has 1 fully saturated rings. The number of benzene rings is 1. The van der Waals surface area contributed by atoms with Crippen LogP contribution in [-0.4, -0.2) is 28.2 Å². The van der Waals surface area contributed by atoms with Crippen LogP contribution in [0.4, 0.5) is 4.79 Å². The highest BCUT2D eigenvalue weighted by atomic mass is 16.5. The zero-order valence-electron chi connectivity index (χ0n) is 12.7. The first-order valence-electron chi connectivity index (χ1n) is 7.25. The summed E-state index contributed by atoms with van der Waals surface area (Å²) in [6.45, 7) is 3.85. The van der Waals surface area contributed by atoms with E-state index in [1.807, 2.05) is 32.0 Å². The monoisotopic (exact) mass is 312 g/mol. The van der Waals surface area contributed by atoms with E-state index in [9.17, 15) is 9.59 Å². The smallest absolute Gasteiger partial charge is 0.322 e. The van der Waals surface area contributed by atoms with Crippen molar-refractivity contribution in [3.63, 3.8) is 0 Å². The van der Waals surface area contributed by atoms with Crippen LogP contribution in [0.3, 0.4) is 0 Å². The van der Waals surface area contributed by atoms with E-state index in [0.29, 0.717) is 17.1 Å². The zero-order valence-corrected chi connectivity index (χ0v) is 12.7. The number of amides is 3. The molecule has 1 aromatic carbocycles. The van der Waals surface area contributed by atoms with Crippen molar-refractivity contribution in [2.45, 2.75) is 26.0 Å². The van der Waals surface area contributed by atoms with Gasteiger partial charge in [0.25, 0.3) is 5.91 Å². The van der Waals surface area contributed by atoms with Gasteiger partial charge in [-0.25, -0.2) is 4.79 Å². The van der Waals surface area contributed by atoms with E-state index < -0.39 is 12.1 Å². The Morgan fingerprint density at radius 3 is 2.30 bits per heavy atom. The molecule has 1 aliphatic rings. The minimum absolute atomic E-state index is 0.0437. The molecule has 0 saturated carbocycles. The van der Waals surface area contributed by atoms with Crippen LogP contribution in [0.15, 0.2) is 36.4 Å². The molecule has 1 atom stereocenters. The predicted molar refractivity (Wildman–Crippen MR) is 82.6 cm³/mol. The quantitative estimate of drug-likeness (QED) is 0.840. The van der Waals surface area contributed by atoms with Gasteiger partial charge in [-0.2, -0.15) is 0 Å². The minimum atomic E-state index is -0.649. The molecule has 0 unspecified atom stereocenters.